The third-order valence-electron chi connectivity index (χ3n) is 4.16. The lowest BCUT2D eigenvalue weighted by atomic mass is 9.95. The van der Waals surface area contributed by atoms with Crippen molar-refractivity contribution in [2.45, 2.75) is 51.0 Å². The Morgan fingerprint density at radius 3 is 2.61 bits per heavy atom. The second-order valence-corrected chi connectivity index (χ2v) is 5.55. The van der Waals surface area contributed by atoms with E-state index in [4.69, 9.17) is 0 Å². The summed E-state index contributed by atoms with van der Waals surface area (Å²) in [4.78, 5) is 7.01. The predicted octanol–water partition coefficient (Wildman–Crippen LogP) is 3.43. The van der Waals surface area contributed by atoms with Crippen LogP contribution in [-0.4, -0.2) is 24.1 Å². The van der Waals surface area contributed by atoms with E-state index in [1.165, 1.54) is 56.5 Å². The van der Waals surface area contributed by atoms with Crippen LogP contribution in [0.2, 0.25) is 0 Å². The summed E-state index contributed by atoms with van der Waals surface area (Å²) >= 11 is 0. The zero-order valence-electron chi connectivity index (χ0n) is 11.1. The lowest BCUT2D eigenvalue weighted by Crippen LogP contribution is -2.26. The van der Waals surface area contributed by atoms with Gasteiger partial charge in [0.2, 0.25) is 0 Å². The van der Waals surface area contributed by atoms with Gasteiger partial charge in [0.15, 0.2) is 5.82 Å². The molecule has 1 aromatic rings. The molecule has 0 aromatic carbocycles. The number of nitrogens with zero attached hydrogens (tertiary/aromatic N) is 2. The first-order valence-corrected chi connectivity index (χ1v) is 7.40. The molecule has 0 spiro atoms. The summed E-state index contributed by atoms with van der Waals surface area (Å²) in [6.07, 6.45) is 11.3. The molecule has 98 valence electrons. The number of aromatic nitrogens is 1. The summed E-state index contributed by atoms with van der Waals surface area (Å²) in [7, 11) is 0. The van der Waals surface area contributed by atoms with E-state index in [2.05, 4.69) is 21.3 Å². The average Bonchev–Trinajstić information content (AvgIpc) is 2.94. The molecule has 1 saturated heterocycles. The van der Waals surface area contributed by atoms with Gasteiger partial charge in [-0.1, -0.05) is 19.3 Å². The summed E-state index contributed by atoms with van der Waals surface area (Å²) in [5.41, 5.74) is 1.24. The van der Waals surface area contributed by atoms with Gasteiger partial charge < -0.3 is 10.2 Å². The lowest BCUT2D eigenvalue weighted by Gasteiger charge is -2.27. The largest absolute Gasteiger partial charge is 0.379 e. The molecule has 1 aliphatic carbocycles. The van der Waals surface area contributed by atoms with Crippen molar-refractivity contribution in [2.75, 3.05) is 23.3 Å². The maximum atomic E-state index is 4.59. The summed E-state index contributed by atoms with van der Waals surface area (Å²) in [5.74, 6) is 1.17. The lowest BCUT2D eigenvalue weighted by molar-refractivity contribution is 0.462. The molecule has 0 bridgehead atoms. The third-order valence-corrected chi connectivity index (χ3v) is 4.16. The van der Waals surface area contributed by atoms with Crippen molar-refractivity contribution in [2.24, 2.45) is 0 Å². The highest BCUT2D eigenvalue weighted by Gasteiger charge is 2.19. The molecule has 0 radical (unpaired) electrons. The van der Waals surface area contributed by atoms with E-state index in [-0.39, 0.29) is 0 Å². The Morgan fingerprint density at radius 1 is 1.06 bits per heavy atom. The predicted molar refractivity (Wildman–Crippen MR) is 76.2 cm³/mol. The summed E-state index contributed by atoms with van der Waals surface area (Å²) < 4.78 is 0. The molecule has 3 heteroatoms. The van der Waals surface area contributed by atoms with Crippen LogP contribution in [0.3, 0.4) is 0 Å². The zero-order chi connectivity index (χ0) is 12.2. The fourth-order valence-corrected chi connectivity index (χ4v) is 3.16. The summed E-state index contributed by atoms with van der Waals surface area (Å²) in [6, 6.07) is 4.89. The Kier molecular flexibility index (Phi) is 3.67. The maximum Gasteiger partial charge on any atom is 0.151 e. The Morgan fingerprint density at radius 2 is 1.83 bits per heavy atom. The highest BCUT2D eigenvalue weighted by molar-refractivity contribution is 5.66. The van der Waals surface area contributed by atoms with Crippen LogP contribution < -0.4 is 10.2 Å². The fourth-order valence-electron chi connectivity index (χ4n) is 3.16. The standard InChI is InChI=1S/C15H23N3/c1-2-7-13(8-3-1)17-14-9-6-10-16-15(14)18-11-4-5-12-18/h6,9-10,13,17H,1-5,7-8,11-12H2. The number of rotatable bonds is 3. The first-order chi connectivity index (χ1) is 8.93. The minimum atomic E-state index is 0.657. The van der Waals surface area contributed by atoms with Crippen LogP contribution in [0.1, 0.15) is 44.9 Å². The van der Waals surface area contributed by atoms with Gasteiger partial charge in [-0.05, 0) is 37.8 Å². The Balaban J connectivity index is 1.73. The molecule has 1 saturated carbocycles. The van der Waals surface area contributed by atoms with Crippen LogP contribution >= 0.6 is 0 Å². The monoisotopic (exact) mass is 245 g/mol. The van der Waals surface area contributed by atoms with Crippen molar-refractivity contribution in [3.05, 3.63) is 18.3 Å². The average molecular weight is 245 g/mol. The topological polar surface area (TPSA) is 28.2 Å². The first-order valence-electron chi connectivity index (χ1n) is 7.40. The van der Waals surface area contributed by atoms with Crippen LogP contribution in [0, 0.1) is 0 Å². The van der Waals surface area contributed by atoms with Gasteiger partial charge in [-0.2, -0.15) is 0 Å². The van der Waals surface area contributed by atoms with Gasteiger partial charge in [-0.25, -0.2) is 4.98 Å². The van der Waals surface area contributed by atoms with Crippen LogP contribution in [0.5, 0.6) is 0 Å². The van der Waals surface area contributed by atoms with Crippen molar-refractivity contribution < 1.29 is 0 Å². The fraction of sp³-hybridized carbons (Fsp3) is 0.667. The second kappa shape index (κ2) is 5.59. The van der Waals surface area contributed by atoms with Gasteiger partial charge in [0.1, 0.15) is 0 Å². The highest BCUT2D eigenvalue weighted by Crippen LogP contribution is 2.29. The molecule has 2 aliphatic rings. The molecular formula is C15H23N3. The Labute approximate surface area is 110 Å². The molecular weight excluding hydrogens is 222 g/mol. The molecule has 0 amide bonds. The van der Waals surface area contributed by atoms with Gasteiger partial charge in [0, 0.05) is 25.3 Å². The second-order valence-electron chi connectivity index (χ2n) is 5.55. The van der Waals surface area contributed by atoms with Gasteiger partial charge in [-0.15, -0.1) is 0 Å². The molecule has 2 heterocycles. The van der Waals surface area contributed by atoms with Crippen LogP contribution in [0.15, 0.2) is 18.3 Å². The number of hydrogen-bond acceptors (Lipinski definition) is 3. The normalized spacial score (nSPS) is 21.2. The van der Waals surface area contributed by atoms with Crippen LogP contribution in [0.25, 0.3) is 0 Å². The smallest absolute Gasteiger partial charge is 0.151 e. The number of hydrogen-bond donors (Lipinski definition) is 1. The third kappa shape index (κ3) is 2.60. The molecule has 0 unspecified atom stereocenters. The Hall–Kier alpha value is -1.25. The van der Waals surface area contributed by atoms with Gasteiger partial charge in [-0.3, -0.25) is 0 Å². The summed E-state index contributed by atoms with van der Waals surface area (Å²) in [6.45, 7) is 2.33. The molecule has 2 fully saturated rings. The summed E-state index contributed by atoms with van der Waals surface area (Å²) in [5, 5.41) is 3.72. The van der Waals surface area contributed by atoms with Crippen molar-refractivity contribution >= 4 is 11.5 Å². The molecule has 1 N–H and O–H groups in total. The number of pyridine rings is 1. The molecule has 0 atom stereocenters. The van der Waals surface area contributed by atoms with Crippen molar-refractivity contribution in [3.63, 3.8) is 0 Å². The SMILES string of the molecule is c1cnc(N2CCCC2)c(NC2CCCCC2)c1. The van der Waals surface area contributed by atoms with E-state index in [9.17, 15) is 0 Å². The molecule has 1 aromatic heterocycles. The maximum absolute atomic E-state index is 4.59. The zero-order valence-corrected chi connectivity index (χ0v) is 11.1. The molecule has 1 aliphatic heterocycles. The van der Waals surface area contributed by atoms with Crippen molar-refractivity contribution in [1.29, 1.82) is 0 Å². The van der Waals surface area contributed by atoms with Crippen molar-refractivity contribution in [3.8, 4) is 0 Å². The van der Waals surface area contributed by atoms with E-state index in [0.717, 1.165) is 13.1 Å². The van der Waals surface area contributed by atoms with E-state index in [1.807, 2.05) is 12.3 Å². The number of anilines is 2. The molecule has 3 rings (SSSR count). The molecule has 18 heavy (non-hydrogen) atoms. The quantitative estimate of drug-likeness (QED) is 0.884. The van der Waals surface area contributed by atoms with Crippen LogP contribution in [0.4, 0.5) is 11.5 Å². The van der Waals surface area contributed by atoms with Crippen molar-refractivity contribution in [1.82, 2.24) is 4.98 Å². The van der Waals surface area contributed by atoms with E-state index >= 15 is 0 Å². The molecule has 3 nitrogen and oxygen atoms in total. The highest BCUT2D eigenvalue weighted by atomic mass is 15.2. The van der Waals surface area contributed by atoms with Crippen LogP contribution in [-0.2, 0) is 0 Å². The number of nitrogens with one attached hydrogen (secondary N) is 1. The first kappa shape index (κ1) is 11.8. The Bertz CT molecular complexity index is 379. The van der Waals surface area contributed by atoms with E-state index in [0.29, 0.717) is 6.04 Å². The minimum Gasteiger partial charge on any atom is -0.379 e. The van der Waals surface area contributed by atoms with Gasteiger partial charge in [0.25, 0.3) is 0 Å². The van der Waals surface area contributed by atoms with Gasteiger partial charge in [0.05, 0.1) is 5.69 Å². The van der Waals surface area contributed by atoms with Gasteiger partial charge >= 0.3 is 0 Å². The van der Waals surface area contributed by atoms with E-state index in [1.54, 1.807) is 0 Å². The minimum absolute atomic E-state index is 0.657. The van der Waals surface area contributed by atoms with E-state index < -0.39 is 0 Å².